The van der Waals surface area contributed by atoms with Crippen molar-refractivity contribution in [2.45, 2.75) is 17.0 Å². The highest BCUT2D eigenvalue weighted by Crippen LogP contribution is 2.29. The molecule has 0 radical (unpaired) electrons. The monoisotopic (exact) mass is 289 g/mol. The predicted octanol–water partition coefficient (Wildman–Crippen LogP) is 2.68. The van der Waals surface area contributed by atoms with Crippen LogP contribution in [0.1, 0.15) is 23.4 Å². The third kappa shape index (κ3) is 3.13. The summed E-state index contributed by atoms with van der Waals surface area (Å²) in [6.07, 6.45) is 2.32. The number of benzene rings is 1. The maximum atomic E-state index is 12.9. The van der Waals surface area contributed by atoms with Crippen molar-refractivity contribution in [2.24, 2.45) is 0 Å². The van der Waals surface area contributed by atoms with Crippen molar-refractivity contribution in [3.05, 3.63) is 53.7 Å². The molecule has 1 N–H and O–H groups in total. The van der Waals surface area contributed by atoms with E-state index < -0.39 is 17.8 Å². The molecule has 2 atom stereocenters. The van der Waals surface area contributed by atoms with E-state index in [4.69, 9.17) is 0 Å². The predicted molar refractivity (Wildman–Crippen MR) is 73.5 cm³/mol. The van der Waals surface area contributed by atoms with Crippen molar-refractivity contribution >= 4 is 11.8 Å². The SMILES string of the molecule is CSc1ccnc(C(C#N)C(O)c2ccc(F)cc2)n1. The van der Waals surface area contributed by atoms with Crippen molar-refractivity contribution in [1.82, 2.24) is 9.97 Å². The van der Waals surface area contributed by atoms with E-state index in [1.807, 2.05) is 12.3 Å². The van der Waals surface area contributed by atoms with Gasteiger partial charge in [0.1, 0.15) is 23.7 Å². The first-order chi connectivity index (χ1) is 9.65. The molecule has 0 fully saturated rings. The van der Waals surface area contributed by atoms with Crippen LogP contribution in [0.2, 0.25) is 0 Å². The van der Waals surface area contributed by atoms with Crippen molar-refractivity contribution in [3.63, 3.8) is 0 Å². The van der Waals surface area contributed by atoms with Gasteiger partial charge in [0.05, 0.1) is 11.1 Å². The topological polar surface area (TPSA) is 69.8 Å². The van der Waals surface area contributed by atoms with E-state index in [0.717, 1.165) is 5.03 Å². The molecule has 0 bridgehead atoms. The Morgan fingerprint density at radius 3 is 2.60 bits per heavy atom. The number of thioether (sulfide) groups is 1. The van der Waals surface area contributed by atoms with Gasteiger partial charge in [0.25, 0.3) is 0 Å². The summed E-state index contributed by atoms with van der Waals surface area (Å²) >= 11 is 1.43. The molecule has 20 heavy (non-hydrogen) atoms. The number of hydrogen-bond donors (Lipinski definition) is 1. The van der Waals surface area contributed by atoms with Crippen LogP contribution >= 0.6 is 11.8 Å². The molecule has 2 aromatic rings. The van der Waals surface area contributed by atoms with Gasteiger partial charge in [0.2, 0.25) is 0 Å². The lowest BCUT2D eigenvalue weighted by atomic mass is 9.96. The lowest BCUT2D eigenvalue weighted by Gasteiger charge is -2.16. The molecular weight excluding hydrogens is 277 g/mol. The molecule has 0 aliphatic carbocycles. The van der Waals surface area contributed by atoms with Crippen LogP contribution in [0.3, 0.4) is 0 Å². The molecule has 0 saturated heterocycles. The van der Waals surface area contributed by atoms with Crippen LogP contribution in [-0.4, -0.2) is 21.3 Å². The highest BCUT2D eigenvalue weighted by molar-refractivity contribution is 7.98. The molecule has 1 aromatic carbocycles. The van der Waals surface area contributed by atoms with Crippen LogP contribution in [0.5, 0.6) is 0 Å². The fraction of sp³-hybridized carbons (Fsp3) is 0.214. The van der Waals surface area contributed by atoms with Gasteiger partial charge in [-0.05, 0) is 30.0 Å². The molecule has 2 rings (SSSR count). The largest absolute Gasteiger partial charge is 0.387 e. The molecule has 0 spiro atoms. The summed E-state index contributed by atoms with van der Waals surface area (Å²) in [4.78, 5) is 8.26. The first-order valence-corrected chi connectivity index (χ1v) is 7.08. The zero-order chi connectivity index (χ0) is 14.5. The fourth-order valence-corrected chi connectivity index (χ4v) is 2.12. The van der Waals surface area contributed by atoms with Crippen molar-refractivity contribution in [3.8, 4) is 6.07 Å². The van der Waals surface area contributed by atoms with Gasteiger partial charge in [-0.3, -0.25) is 0 Å². The maximum absolute atomic E-state index is 12.9. The number of rotatable bonds is 4. The van der Waals surface area contributed by atoms with E-state index in [0.29, 0.717) is 5.56 Å². The standard InChI is InChI=1S/C14H12FN3OS/c1-20-12-6-7-17-14(18-12)11(8-16)13(19)9-2-4-10(15)5-3-9/h2-7,11,13,19H,1H3. The highest BCUT2D eigenvalue weighted by atomic mass is 32.2. The summed E-state index contributed by atoms with van der Waals surface area (Å²) in [6.45, 7) is 0. The Bertz CT molecular complexity index is 627. The zero-order valence-electron chi connectivity index (χ0n) is 10.7. The summed E-state index contributed by atoms with van der Waals surface area (Å²) in [6, 6.07) is 9.11. The Kier molecular flexibility index (Phi) is 4.66. The van der Waals surface area contributed by atoms with Gasteiger partial charge in [-0.25, -0.2) is 14.4 Å². The average molecular weight is 289 g/mol. The second-order valence-corrected chi connectivity index (χ2v) is 4.89. The Labute approximate surface area is 120 Å². The summed E-state index contributed by atoms with van der Waals surface area (Å²) in [7, 11) is 0. The molecule has 0 saturated carbocycles. The number of aliphatic hydroxyl groups excluding tert-OH is 1. The molecule has 6 heteroatoms. The molecular formula is C14H12FN3OS. The number of aliphatic hydroxyl groups is 1. The van der Waals surface area contributed by atoms with Crippen molar-refractivity contribution in [2.75, 3.05) is 6.26 Å². The van der Waals surface area contributed by atoms with Crippen LogP contribution in [-0.2, 0) is 0 Å². The van der Waals surface area contributed by atoms with Crippen molar-refractivity contribution in [1.29, 1.82) is 5.26 Å². The van der Waals surface area contributed by atoms with Crippen LogP contribution in [0.25, 0.3) is 0 Å². The van der Waals surface area contributed by atoms with Gasteiger partial charge in [0, 0.05) is 6.20 Å². The van der Waals surface area contributed by atoms with E-state index >= 15 is 0 Å². The van der Waals surface area contributed by atoms with Gasteiger partial charge in [-0.1, -0.05) is 12.1 Å². The van der Waals surface area contributed by atoms with Crippen LogP contribution < -0.4 is 0 Å². The van der Waals surface area contributed by atoms with E-state index in [1.54, 1.807) is 12.3 Å². The number of halogens is 1. The number of aromatic nitrogens is 2. The van der Waals surface area contributed by atoms with E-state index in [2.05, 4.69) is 9.97 Å². The lowest BCUT2D eigenvalue weighted by molar-refractivity contribution is 0.160. The van der Waals surface area contributed by atoms with Gasteiger partial charge < -0.3 is 5.11 Å². The van der Waals surface area contributed by atoms with Gasteiger partial charge in [0.15, 0.2) is 0 Å². The molecule has 2 unspecified atom stereocenters. The molecule has 0 aliphatic rings. The third-order valence-electron chi connectivity index (χ3n) is 2.80. The Balaban J connectivity index is 2.31. The molecule has 102 valence electrons. The summed E-state index contributed by atoms with van der Waals surface area (Å²) in [5.74, 6) is -1.03. The normalized spacial score (nSPS) is 13.5. The Hall–Kier alpha value is -1.97. The third-order valence-corrected chi connectivity index (χ3v) is 3.45. The maximum Gasteiger partial charge on any atom is 0.149 e. The molecule has 0 amide bonds. The van der Waals surface area contributed by atoms with E-state index in [-0.39, 0.29) is 5.82 Å². The molecule has 0 aliphatic heterocycles. The number of hydrogen-bond acceptors (Lipinski definition) is 5. The quantitative estimate of drug-likeness (QED) is 0.692. The van der Waals surface area contributed by atoms with Gasteiger partial charge in [-0.2, -0.15) is 5.26 Å². The first-order valence-electron chi connectivity index (χ1n) is 5.85. The number of nitrogens with zero attached hydrogens (tertiary/aromatic N) is 3. The van der Waals surface area contributed by atoms with Gasteiger partial charge in [-0.15, -0.1) is 11.8 Å². The minimum Gasteiger partial charge on any atom is -0.387 e. The Morgan fingerprint density at radius 2 is 2.00 bits per heavy atom. The zero-order valence-corrected chi connectivity index (χ0v) is 11.5. The lowest BCUT2D eigenvalue weighted by Crippen LogP contribution is -2.12. The fourth-order valence-electron chi connectivity index (χ4n) is 1.74. The highest BCUT2D eigenvalue weighted by Gasteiger charge is 2.25. The van der Waals surface area contributed by atoms with Crippen LogP contribution in [0.15, 0.2) is 41.6 Å². The minimum atomic E-state index is -1.10. The second kappa shape index (κ2) is 6.46. The summed E-state index contributed by atoms with van der Waals surface area (Å²) in [5.41, 5.74) is 0.455. The average Bonchev–Trinajstić information content (AvgIpc) is 2.49. The smallest absolute Gasteiger partial charge is 0.149 e. The van der Waals surface area contributed by atoms with Crippen LogP contribution in [0.4, 0.5) is 4.39 Å². The van der Waals surface area contributed by atoms with Crippen molar-refractivity contribution < 1.29 is 9.50 Å². The summed E-state index contributed by atoms with van der Waals surface area (Å²) < 4.78 is 12.9. The summed E-state index contributed by atoms with van der Waals surface area (Å²) in [5, 5.41) is 20.2. The van der Waals surface area contributed by atoms with Gasteiger partial charge >= 0.3 is 0 Å². The minimum absolute atomic E-state index is 0.260. The molecule has 4 nitrogen and oxygen atoms in total. The Morgan fingerprint density at radius 1 is 1.30 bits per heavy atom. The van der Waals surface area contributed by atoms with E-state index in [1.165, 1.54) is 36.0 Å². The number of nitriles is 1. The van der Waals surface area contributed by atoms with Crippen LogP contribution in [0, 0.1) is 17.1 Å². The molecule has 1 aromatic heterocycles. The second-order valence-electron chi connectivity index (χ2n) is 4.06. The van der Waals surface area contributed by atoms with E-state index in [9.17, 15) is 14.8 Å². The molecule has 1 heterocycles. The first kappa shape index (κ1) is 14.4.